The summed E-state index contributed by atoms with van der Waals surface area (Å²) < 4.78 is 5.38. The number of rotatable bonds is 1. The molecule has 2 aliphatic rings. The molecule has 2 saturated heterocycles. The van der Waals surface area contributed by atoms with E-state index in [2.05, 4.69) is 12.2 Å². The van der Waals surface area contributed by atoms with E-state index in [-0.39, 0.29) is 5.92 Å². The average molecular weight is 197 g/mol. The van der Waals surface area contributed by atoms with Gasteiger partial charge >= 0.3 is 0 Å². The Balaban J connectivity index is 1.94. The lowest BCUT2D eigenvalue weighted by molar-refractivity contribution is -0.132. The van der Waals surface area contributed by atoms with Crippen LogP contribution >= 0.6 is 0 Å². The molecule has 3 nitrogen and oxygen atoms in total. The van der Waals surface area contributed by atoms with Crippen molar-refractivity contribution < 1.29 is 9.53 Å². The van der Waals surface area contributed by atoms with Crippen LogP contribution < -0.4 is 5.32 Å². The largest absolute Gasteiger partial charge is 0.380 e. The molecule has 0 aliphatic carbocycles. The molecule has 0 bridgehead atoms. The fourth-order valence-corrected chi connectivity index (χ4v) is 2.50. The smallest absolute Gasteiger partial charge is 0.142 e. The van der Waals surface area contributed by atoms with Crippen LogP contribution in [0.15, 0.2) is 0 Å². The summed E-state index contributed by atoms with van der Waals surface area (Å²) in [6, 6.07) is 0.926. The first-order chi connectivity index (χ1) is 6.77. The predicted molar refractivity (Wildman–Crippen MR) is 54.2 cm³/mol. The van der Waals surface area contributed by atoms with Crippen molar-refractivity contribution in [3.8, 4) is 0 Å². The second kappa shape index (κ2) is 4.41. The van der Waals surface area contributed by atoms with E-state index in [1.165, 1.54) is 12.8 Å². The molecule has 1 N–H and O–H groups in total. The zero-order chi connectivity index (χ0) is 9.97. The highest BCUT2D eigenvalue weighted by Gasteiger charge is 2.32. The highest BCUT2D eigenvalue weighted by atomic mass is 16.5. The van der Waals surface area contributed by atoms with E-state index in [1.807, 2.05) is 0 Å². The first-order valence-electron chi connectivity index (χ1n) is 5.64. The molecular weight excluding hydrogens is 178 g/mol. The highest BCUT2D eigenvalue weighted by molar-refractivity contribution is 5.82. The van der Waals surface area contributed by atoms with Gasteiger partial charge in [0.25, 0.3) is 0 Å². The maximum atomic E-state index is 11.7. The van der Waals surface area contributed by atoms with E-state index in [9.17, 15) is 4.79 Å². The lowest BCUT2D eigenvalue weighted by atomic mass is 9.85. The molecule has 0 saturated carbocycles. The summed E-state index contributed by atoms with van der Waals surface area (Å²) in [5, 5.41) is 3.52. The molecule has 3 unspecified atom stereocenters. The fraction of sp³-hybridized carbons (Fsp3) is 0.909. The molecule has 0 aromatic rings. The van der Waals surface area contributed by atoms with Crippen LogP contribution in [0.2, 0.25) is 0 Å². The Labute approximate surface area is 85.2 Å². The van der Waals surface area contributed by atoms with Crippen molar-refractivity contribution in [3.63, 3.8) is 0 Å². The number of piperidine rings is 1. The first-order valence-corrected chi connectivity index (χ1v) is 5.64. The van der Waals surface area contributed by atoms with Gasteiger partial charge < -0.3 is 10.1 Å². The second-order valence-corrected chi connectivity index (χ2v) is 4.50. The minimum Gasteiger partial charge on any atom is -0.380 e. The van der Waals surface area contributed by atoms with Crippen LogP contribution in [-0.2, 0) is 9.53 Å². The van der Waals surface area contributed by atoms with Gasteiger partial charge in [0, 0.05) is 18.5 Å². The highest BCUT2D eigenvalue weighted by Crippen LogP contribution is 2.22. The lowest BCUT2D eigenvalue weighted by Gasteiger charge is -2.35. The van der Waals surface area contributed by atoms with Gasteiger partial charge in [0.05, 0.1) is 19.1 Å². The van der Waals surface area contributed by atoms with Crippen LogP contribution in [0.25, 0.3) is 0 Å². The van der Waals surface area contributed by atoms with Crippen LogP contribution in [0.3, 0.4) is 0 Å². The van der Waals surface area contributed by atoms with E-state index in [4.69, 9.17) is 4.74 Å². The zero-order valence-corrected chi connectivity index (χ0v) is 8.79. The topological polar surface area (TPSA) is 38.3 Å². The summed E-state index contributed by atoms with van der Waals surface area (Å²) in [5.74, 6) is 0.509. The molecule has 14 heavy (non-hydrogen) atoms. The molecule has 2 aliphatic heterocycles. The van der Waals surface area contributed by atoms with Gasteiger partial charge in [0.1, 0.15) is 5.78 Å². The first kappa shape index (κ1) is 10.1. The molecule has 2 rings (SSSR count). The summed E-state index contributed by atoms with van der Waals surface area (Å²) in [5.41, 5.74) is 0. The van der Waals surface area contributed by atoms with Crippen molar-refractivity contribution >= 4 is 5.78 Å². The monoisotopic (exact) mass is 197 g/mol. The molecule has 2 heterocycles. The third-order valence-corrected chi connectivity index (χ3v) is 3.34. The van der Waals surface area contributed by atoms with Gasteiger partial charge in [-0.1, -0.05) is 6.42 Å². The molecular formula is C11H19NO2. The molecule has 80 valence electrons. The SMILES string of the molecule is CC1CCCC(C2COCCC2=O)N1. The molecule has 0 radical (unpaired) electrons. The fourth-order valence-electron chi connectivity index (χ4n) is 2.50. The van der Waals surface area contributed by atoms with Gasteiger partial charge in [-0.15, -0.1) is 0 Å². The summed E-state index contributed by atoms with van der Waals surface area (Å²) >= 11 is 0. The average Bonchev–Trinajstić information content (AvgIpc) is 2.18. The number of carbonyl (C=O) groups is 1. The second-order valence-electron chi connectivity index (χ2n) is 4.50. The van der Waals surface area contributed by atoms with E-state index in [0.29, 0.717) is 37.5 Å². The quantitative estimate of drug-likeness (QED) is 0.684. The number of ether oxygens (including phenoxy) is 1. The van der Waals surface area contributed by atoms with Gasteiger partial charge in [-0.2, -0.15) is 0 Å². The van der Waals surface area contributed by atoms with E-state index >= 15 is 0 Å². The van der Waals surface area contributed by atoms with Crippen molar-refractivity contribution in [3.05, 3.63) is 0 Å². The third-order valence-electron chi connectivity index (χ3n) is 3.34. The van der Waals surface area contributed by atoms with Crippen LogP contribution in [0, 0.1) is 5.92 Å². The molecule has 0 aromatic carbocycles. The Hall–Kier alpha value is -0.410. The van der Waals surface area contributed by atoms with Gasteiger partial charge in [0.2, 0.25) is 0 Å². The maximum absolute atomic E-state index is 11.7. The van der Waals surface area contributed by atoms with Crippen molar-refractivity contribution in [2.45, 2.75) is 44.7 Å². The number of Topliss-reactive ketones (excluding diaryl/α,β-unsaturated/α-hetero) is 1. The van der Waals surface area contributed by atoms with Crippen LogP contribution in [0.4, 0.5) is 0 Å². The minimum atomic E-state index is 0.117. The Morgan fingerprint density at radius 2 is 2.29 bits per heavy atom. The standard InChI is InChI=1S/C11H19NO2/c1-8-3-2-4-10(12-8)9-7-14-6-5-11(9)13/h8-10,12H,2-7H2,1H3. The van der Waals surface area contributed by atoms with E-state index in [1.54, 1.807) is 0 Å². The van der Waals surface area contributed by atoms with E-state index in [0.717, 1.165) is 6.42 Å². The van der Waals surface area contributed by atoms with Crippen LogP contribution in [0.1, 0.15) is 32.6 Å². The number of nitrogens with one attached hydrogen (secondary N) is 1. The Bertz CT molecular complexity index is 217. The maximum Gasteiger partial charge on any atom is 0.142 e. The predicted octanol–water partition coefficient (Wildman–Crippen LogP) is 1.12. The minimum absolute atomic E-state index is 0.117. The van der Waals surface area contributed by atoms with Gasteiger partial charge in [-0.3, -0.25) is 4.79 Å². The lowest BCUT2D eigenvalue weighted by Crippen LogP contribution is -2.50. The number of carbonyl (C=O) groups excluding carboxylic acids is 1. The summed E-state index contributed by atoms with van der Waals surface area (Å²) in [6.07, 6.45) is 4.21. The number of hydrogen-bond donors (Lipinski definition) is 1. The van der Waals surface area contributed by atoms with Crippen molar-refractivity contribution in [2.75, 3.05) is 13.2 Å². The Morgan fingerprint density at radius 1 is 1.43 bits per heavy atom. The van der Waals surface area contributed by atoms with Gasteiger partial charge in [-0.05, 0) is 19.8 Å². The Morgan fingerprint density at radius 3 is 3.00 bits per heavy atom. The third kappa shape index (κ3) is 2.15. The van der Waals surface area contributed by atoms with Gasteiger partial charge in [-0.25, -0.2) is 0 Å². The van der Waals surface area contributed by atoms with Crippen LogP contribution in [0.5, 0.6) is 0 Å². The normalized spacial score (nSPS) is 39.8. The molecule has 3 atom stereocenters. The number of hydrogen-bond acceptors (Lipinski definition) is 3. The molecule has 0 spiro atoms. The zero-order valence-electron chi connectivity index (χ0n) is 8.79. The summed E-state index contributed by atoms with van der Waals surface area (Å²) in [4.78, 5) is 11.7. The molecule has 3 heteroatoms. The van der Waals surface area contributed by atoms with Crippen molar-refractivity contribution in [1.82, 2.24) is 5.32 Å². The number of ketones is 1. The van der Waals surface area contributed by atoms with Crippen LogP contribution in [-0.4, -0.2) is 31.1 Å². The van der Waals surface area contributed by atoms with Crippen molar-refractivity contribution in [2.24, 2.45) is 5.92 Å². The summed E-state index contributed by atoms with van der Waals surface area (Å²) in [6.45, 7) is 3.45. The van der Waals surface area contributed by atoms with Crippen molar-refractivity contribution in [1.29, 1.82) is 0 Å². The molecule has 0 amide bonds. The Kier molecular flexibility index (Phi) is 3.19. The van der Waals surface area contributed by atoms with E-state index < -0.39 is 0 Å². The molecule has 2 fully saturated rings. The molecule has 0 aromatic heterocycles. The summed E-state index contributed by atoms with van der Waals surface area (Å²) in [7, 11) is 0. The van der Waals surface area contributed by atoms with Gasteiger partial charge in [0.15, 0.2) is 0 Å².